The van der Waals surface area contributed by atoms with Crippen molar-refractivity contribution in [3.05, 3.63) is 12.2 Å². The van der Waals surface area contributed by atoms with Crippen molar-refractivity contribution in [3.8, 4) is 0 Å². The molecule has 0 aliphatic carbocycles. The molecule has 1 N–H and O–H groups in total. The molecule has 0 radical (unpaired) electrons. The number of aliphatic hydroxyl groups excluding tert-OH is 1. The minimum Gasteiger partial charge on any atom is -0.443 e. The summed E-state index contributed by atoms with van der Waals surface area (Å²) in [6.45, 7) is 19.2. The molecule has 3 atom stereocenters. The second-order valence-corrected chi connectivity index (χ2v) is 16.1. The standard InChI is InChI=1S/C22H39NO7Si/c1-19(2,3)30-18(26)23-16(24)11-12-22(23,14-28-31(9,10)20(4,5)6)17(25)15-13-27-21(7,8)29-15/h11-12,15,17,25H,13-14H2,1-10H3/t15-,17-,22-/m0/s1. The number of carbonyl (C=O) groups is 2. The van der Waals surface area contributed by atoms with Crippen molar-refractivity contribution in [1.29, 1.82) is 0 Å². The predicted octanol–water partition coefficient (Wildman–Crippen LogP) is 3.59. The zero-order valence-electron chi connectivity index (χ0n) is 20.6. The van der Waals surface area contributed by atoms with E-state index in [2.05, 4.69) is 33.9 Å². The van der Waals surface area contributed by atoms with Crippen LogP contribution in [0.4, 0.5) is 4.79 Å². The van der Waals surface area contributed by atoms with E-state index in [0.29, 0.717) is 0 Å². The normalized spacial score (nSPS) is 27.6. The van der Waals surface area contributed by atoms with Crippen molar-refractivity contribution in [1.82, 2.24) is 4.90 Å². The number of hydrogen-bond donors (Lipinski definition) is 1. The van der Waals surface area contributed by atoms with E-state index in [9.17, 15) is 14.7 Å². The smallest absolute Gasteiger partial charge is 0.418 e. The van der Waals surface area contributed by atoms with E-state index in [0.717, 1.165) is 4.90 Å². The van der Waals surface area contributed by atoms with Gasteiger partial charge < -0.3 is 23.7 Å². The highest BCUT2D eigenvalue weighted by atomic mass is 28.4. The number of hydrogen-bond acceptors (Lipinski definition) is 7. The molecule has 9 heteroatoms. The van der Waals surface area contributed by atoms with Crippen LogP contribution in [0.25, 0.3) is 0 Å². The molecule has 178 valence electrons. The number of imide groups is 1. The molecule has 0 spiro atoms. The molecule has 1 saturated heterocycles. The van der Waals surface area contributed by atoms with Crippen molar-refractivity contribution < 1.29 is 33.3 Å². The minimum absolute atomic E-state index is 0.0631. The molecule has 31 heavy (non-hydrogen) atoms. The molecule has 1 fully saturated rings. The van der Waals surface area contributed by atoms with Gasteiger partial charge in [0.25, 0.3) is 5.91 Å². The number of ether oxygens (including phenoxy) is 3. The van der Waals surface area contributed by atoms with Gasteiger partial charge in [-0.25, -0.2) is 9.69 Å². The summed E-state index contributed by atoms with van der Waals surface area (Å²) in [5.41, 5.74) is -2.28. The monoisotopic (exact) mass is 457 g/mol. The van der Waals surface area contributed by atoms with Crippen LogP contribution in [0.15, 0.2) is 12.2 Å². The van der Waals surface area contributed by atoms with Crippen molar-refractivity contribution in [2.45, 2.75) is 103 Å². The third-order valence-corrected chi connectivity index (χ3v) is 10.6. The number of carbonyl (C=O) groups excluding carboxylic acids is 2. The fraction of sp³-hybridized carbons (Fsp3) is 0.818. The van der Waals surface area contributed by atoms with E-state index in [4.69, 9.17) is 18.6 Å². The summed E-state index contributed by atoms with van der Waals surface area (Å²) in [5.74, 6) is -1.44. The van der Waals surface area contributed by atoms with Crippen LogP contribution in [0.3, 0.4) is 0 Å². The number of amides is 2. The van der Waals surface area contributed by atoms with E-state index in [1.54, 1.807) is 34.6 Å². The van der Waals surface area contributed by atoms with Crippen LogP contribution in [0.2, 0.25) is 18.1 Å². The Hall–Kier alpha value is -1.26. The van der Waals surface area contributed by atoms with Gasteiger partial charge in [0.2, 0.25) is 0 Å². The van der Waals surface area contributed by atoms with Crippen LogP contribution in [-0.2, 0) is 23.4 Å². The lowest BCUT2D eigenvalue weighted by atomic mass is 9.89. The van der Waals surface area contributed by atoms with Crippen LogP contribution in [-0.4, -0.2) is 72.7 Å². The van der Waals surface area contributed by atoms with E-state index in [1.165, 1.54) is 12.2 Å². The Morgan fingerprint density at radius 2 is 1.87 bits per heavy atom. The quantitative estimate of drug-likeness (QED) is 0.630. The molecule has 0 aromatic carbocycles. The Morgan fingerprint density at radius 3 is 2.32 bits per heavy atom. The van der Waals surface area contributed by atoms with Gasteiger partial charge in [0.15, 0.2) is 14.1 Å². The van der Waals surface area contributed by atoms with Gasteiger partial charge in [-0.3, -0.25) is 4.79 Å². The van der Waals surface area contributed by atoms with Gasteiger partial charge in [-0.05, 0) is 58.8 Å². The van der Waals surface area contributed by atoms with Gasteiger partial charge in [-0.2, -0.15) is 0 Å². The zero-order valence-corrected chi connectivity index (χ0v) is 21.6. The number of rotatable bonds is 5. The summed E-state index contributed by atoms with van der Waals surface area (Å²) in [5, 5.41) is 11.3. The largest absolute Gasteiger partial charge is 0.443 e. The molecule has 0 bridgehead atoms. The summed E-state index contributed by atoms with van der Waals surface area (Å²) in [6, 6.07) is 0. The molecule has 2 rings (SSSR count). The van der Waals surface area contributed by atoms with Crippen molar-refractivity contribution in [3.63, 3.8) is 0 Å². The maximum absolute atomic E-state index is 13.1. The fourth-order valence-corrected chi connectivity index (χ4v) is 4.30. The average Bonchev–Trinajstić information content (AvgIpc) is 3.10. The first-order valence-corrected chi connectivity index (χ1v) is 13.6. The first-order valence-electron chi connectivity index (χ1n) is 10.7. The van der Waals surface area contributed by atoms with Crippen molar-refractivity contribution >= 4 is 20.3 Å². The Labute approximate surface area is 187 Å². The van der Waals surface area contributed by atoms with Gasteiger partial charge in [-0.1, -0.05) is 20.8 Å². The lowest BCUT2D eigenvalue weighted by Crippen LogP contribution is -2.64. The molecule has 2 heterocycles. The summed E-state index contributed by atoms with van der Waals surface area (Å²) < 4.78 is 23.4. The Kier molecular flexibility index (Phi) is 6.93. The van der Waals surface area contributed by atoms with Crippen molar-refractivity contribution in [2.75, 3.05) is 13.2 Å². The van der Waals surface area contributed by atoms with Crippen LogP contribution in [0.5, 0.6) is 0 Å². The third-order valence-electron chi connectivity index (χ3n) is 6.09. The fourth-order valence-electron chi connectivity index (χ4n) is 3.27. The number of aliphatic hydroxyl groups is 1. The maximum Gasteiger partial charge on any atom is 0.418 e. The lowest BCUT2D eigenvalue weighted by Gasteiger charge is -2.45. The number of nitrogens with zero attached hydrogens (tertiary/aromatic N) is 1. The second kappa shape index (κ2) is 8.26. The van der Waals surface area contributed by atoms with Crippen molar-refractivity contribution in [2.24, 2.45) is 0 Å². The first kappa shape index (κ1) is 26.0. The molecule has 2 aliphatic rings. The van der Waals surface area contributed by atoms with Gasteiger partial charge in [0.05, 0.1) is 13.2 Å². The molecule has 0 aromatic rings. The Balaban J connectivity index is 2.45. The Morgan fingerprint density at radius 1 is 1.29 bits per heavy atom. The summed E-state index contributed by atoms with van der Waals surface area (Å²) >= 11 is 0. The van der Waals surface area contributed by atoms with E-state index in [1.807, 2.05) is 0 Å². The van der Waals surface area contributed by atoms with Gasteiger partial charge in [0, 0.05) is 6.08 Å². The highest BCUT2D eigenvalue weighted by Gasteiger charge is 2.57. The topological polar surface area (TPSA) is 94.5 Å². The van der Waals surface area contributed by atoms with Crippen LogP contribution >= 0.6 is 0 Å². The molecule has 0 unspecified atom stereocenters. The highest BCUT2D eigenvalue weighted by Crippen LogP contribution is 2.40. The molecule has 0 aromatic heterocycles. The van der Waals surface area contributed by atoms with Crippen LogP contribution < -0.4 is 0 Å². The highest BCUT2D eigenvalue weighted by molar-refractivity contribution is 6.74. The SMILES string of the molecule is CC(C)(C)OC(=O)N1C(=O)C=C[C@]1(CO[Si](C)(C)C(C)(C)C)[C@@H](O)[C@@H]1COC(C)(C)O1. The van der Waals surface area contributed by atoms with E-state index >= 15 is 0 Å². The maximum atomic E-state index is 13.1. The van der Waals surface area contributed by atoms with Gasteiger partial charge in [0.1, 0.15) is 23.3 Å². The molecule has 2 amide bonds. The van der Waals surface area contributed by atoms with Crippen LogP contribution in [0.1, 0.15) is 55.4 Å². The van der Waals surface area contributed by atoms with Gasteiger partial charge >= 0.3 is 6.09 Å². The predicted molar refractivity (Wildman–Crippen MR) is 119 cm³/mol. The molecule has 8 nitrogen and oxygen atoms in total. The zero-order chi connectivity index (χ0) is 24.0. The van der Waals surface area contributed by atoms with E-state index in [-0.39, 0.29) is 18.3 Å². The second-order valence-electron chi connectivity index (χ2n) is 11.3. The average molecular weight is 458 g/mol. The van der Waals surface area contributed by atoms with E-state index < -0.39 is 49.5 Å². The third kappa shape index (κ3) is 5.57. The summed E-state index contributed by atoms with van der Waals surface area (Å²) in [7, 11) is -2.27. The minimum atomic E-state index is -2.27. The summed E-state index contributed by atoms with van der Waals surface area (Å²) in [6.07, 6.45) is -0.0409. The first-order chi connectivity index (χ1) is 13.8. The van der Waals surface area contributed by atoms with Gasteiger partial charge in [-0.15, -0.1) is 0 Å². The summed E-state index contributed by atoms with van der Waals surface area (Å²) in [4.78, 5) is 26.8. The molecular weight excluding hydrogens is 418 g/mol. The molecular formula is C22H39NO7Si. The molecule has 2 aliphatic heterocycles. The van der Waals surface area contributed by atoms with Crippen LogP contribution in [0, 0.1) is 0 Å². The Bertz CT molecular complexity index is 735. The lowest BCUT2D eigenvalue weighted by molar-refractivity contribution is -0.165. The molecule has 0 saturated carbocycles.